The zero-order chi connectivity index (χ0) is 13.2. The van der Waals surface area contributed by atoms with Crippen LogP contribution in [0.4, 0.5) is 0 Å². The molecule has 1 aliphatic rings. The molecule has 2 aromatic rings. The highest BCUT2D eigenvalue weighted by molar-refractivity contribution is 7.98. The standard InChI is InChI=1S/C15H17N3S/c1-10-5-3-4-6-14(10)19-9-15-17-11(2)12-7-16-8-13(12)18-15/h3-6,16H,7-9H2,1-2H3. The number of rotatable bonds is 3. The third kappa shape index (κ3) is 2.65. The predicted molar refractivity (Wildman–Crippen MR) is 78.1 cm³/mol. The molecule has 0 spiro atoms. The maximum Gasteiger partial charge on any atom is 0.139 e. The first kappa shape index (κ1) is 12.6. The summed E-state index contributed by atoms with van der Waals surface area (Å²) in [5.41, 5.74) is 4.89. The van der Waals surface area contributed by atoms with Crippen LogP contribution in [0.2, 0.25) is 0 Å². The molecular weight excluding hydrogens is 254 g/mol. The molecule has 0 unspecified atom stereocenters. The molecule has 0 bridgehead atoms. The van der Waals surface area contributed by atoms with Gasteiger partial charge in [0.25, 0.3) is 0 Å². The minimum Gasteiger partial charge on any atom is -0.307 e. The molecule has 1 aliphatic heterocycles. The number of nitrogens with zero attached hydrogens (tertiary/aromatic N) is 2. The minimum absolute atomic E-state index is 0.832. The number of benzene rings is 1. The minimum atomic E-state index is 0.832. The van der Waals surface area contributed by atoms with Gasteiger partial charge in [0.15, 0.2) is 0 Å². The van der Waals surface area contributed by atoms with Crippen LogP contribution in [0.15, 0.2) is 29.2 Å². The Morgan fingerprint density at radius 1 is 1.16 bits per heavy atom. The zero-order valence-electron chi connectivity index (χ0n) is 11.2. The van der Waals surface area contributed by atoms with Crippen LogP contribution >= 0.6 is 11.8 Å². The lowest BCUT2D eigenvalue weighted by Gasteiger charge is -2.07. The van der Waals surface area contributed by atoms with Crippen molar-refractivity contribution in [2.45, 2.75) is 37.6 Å². The second kappa shape index (κ2) is 5.31. The molecule has 4 heteroatoms. The van der Waals surface area contributed by atoms with Gasteiger partial charge >= 0.3 is 0 Å². The molecule has 0 atom stereocenters. The number of fused-ring (bicyclic) bond motifs is 1. The third-order valence-corrected chi connectivity index (χ3v) is 4.56. The van der Waals surface area contributed by atoms with E-state index < -0.39 is 0 Å². The van der Waals surface area contributed by atoms with Gasteiger partial charge in [0.1, 0.15) is 5.82 Å². The van der Waals surface area contributed by atoms with E-state index in [0.29, 0.717) is 0 Å². The summed E-state index contributed by atoms with van der Waals surface area (Å²) in [5.74, 6) is 1.77. The smallest absolute Gasteiger partial charge is 0.139 e. The molecule has 0 aliphatic carbocycles. The van der Waals surface area contributed by atoms with Gasteiger partial charge in [0, 0.05) is 29.2 Å². The van der Waals surface area contributed by atoms with Crippen molar-refractivity contribution < 1.29 is 0 Å². The maximum atomic E-state index is 4.66. The monoisotopic (exact) mass is 271 g/mol. The predicted octanol–water partition coefficient (Wildman–Crippen LogP) is 2.99. The van der Waals surface area contributed by atoms with Gasteiger partial charge < -0.3 is 5.32 Å². The highest BCUT2D eigenvalue weighted by atomic mass is 32.2. The molecule has 19 heavy (non-hydrogen) atoms. The van der Waals surface area contributed by atoms with Gasteiger partial charge in [-0.1, -0.05) is 18.2 Å². The van der Waals surface area contributed by atoms with Crippen LogP contribution in [0.5, 0.6) is 0 Å². The Labute approximate surface area is 117 Å². The zero-order valence-corrected chi connectivity index (χ0v) is 12.0. The summed E-state index contributed by atoms with van der Waals surface area (Å²) < 4.78 is 0. The Morgan fingerprint density at radius 2 is 2.00 bits per heavy atom. The normalized spacial score (nSPS) is 13.6. The quantitative estimate of drug-likeness (QED) is 0.871. The fourth-order valence-electron chi connectivity index (χ4n) is 2.33. The third-order valence-electron chi connectivity index (χ3n) is 3.39. The van der Waals surface area contributed by atoms with E-state index >= 15 is 0 Å². The first-order chi connectivity index (χ1) is 9.24. The summed E-state index contributed by atoms with van der Waals surface area (Å²) in [6.45, 7) is 6.00. The first-order valence-electron chi connectivity index (χ1n) is 6.48. The average Bonchev–Trinajstić information content (AvgIpc) is 2.87. The molecule has 3 nitrogen and oxygen atoms in total. The largest absolute Gasteiger partial charge is 0.307 e. The van der Waals surface area contributed by atoms with E-state index in [-0.39, 0.29) is 0 Å². The van der Waals surface area contributed by atoms with Gasteiger partial charge in [-0.15, -0.1) is 11.8 Å². The molecule has 0 saturated carbocycles. The van der Waals surface area contributed by atoms with Crippen molar-refractivity contribution >= 4 is 11.8 Å². The molecular formula is C15H17N3S. The van der Waals surface area contributed by atoms with Crippen LogP contribution in [-0.4, -0.2) is 9.97 Å². The van der Waals surface area contributed by atoms with Crippen LogP contribution in [0.1, 0.15) is 28.3 Å². The lowest BCUT2D eigenvalue weighted by Crippen LogP contribution is -2.02. The second-order valence-electron chi connectivity index (χ2n) is 4.81. The van der Waals surface area contributed by atoms with E-state index in [4.69, 9.17) is 0 Å². The van der Waals surface area contributed by atoms with E-state index in [1.807, 2.05) is 11.8 Å². The fourth-order valence-corrected chi connectivity index (χ4v) is 3.21. The molecule has 98 valence electrons. The number of hydrogen-bond acceptors (Lipinski definition) is 4. The van der Waals surface area contributed by atoms with Gasteiger partial charge in [0.2, 0.25) is 0 Å². The Bertz CT molecular complexity index is 610. The summed E-state index contributed by atoms with van der Waals surface area (Å²) >= 11 is 1.81. The van der Waals surface area contributed by atoms with Crippen LogP contribution in [0.3, 0.4) is 0 Å². The Morgan fingerprint density at radius 3 is 2.84 bits per heavy atom. The summed E-state index contributed by atoms with van der Waals surface area (Å²) in [6.07, 6.45) is 0. The molecule has 3 rings (SSSR count). The van der Waals surface area contributed by atoms with Gasteiger partial charge in [0.05, 0.1) is 11.4 Å². The molecule has 2 heterocycles. The van der Waals surface area contributed by atoms with Crippen molar-refractivity contribution in [2.75, 3.05) is 0 Å². The average molecular weight is 271 g/mol. The SMILES string of the molecule is Cc1ccccc1SCc1nc(C)c2c(n1)CNC2. The number of aromatic nitrogens is 2. The molecule has 1 N–H and O–H groups in total. The molecule has 0 amide bonds. The molecule has 0 saturated heterocycles. The van der Waals surface area contributed by atoms with Crippen LogP contribution in [0.25, 0.3) is 0 Å². The number of aryl methyl sites for hydroxylation is 2. The molecule has 0 radical (unpaired) electrons. The lowest BCUT2D eigenvalue weighted by molar-refractivity contribution is 0.756. The van der Waals surface area contributed by atoms with Gasteiger partial charge in [-0.05, 0) is 25.5 Å². The maximum absolute atomic E-state index is 4.66. The van der Waals surface area contributed by atoms with E-state index in [1.165, 1.54) is 21.7 Å². The first-order valence-corrected chi connectivity index (χ1v) is 7.47. The van der Waals surface area contributed by atoms with E-state index in [9.17, 15) is 0 Å². The Kier molecular flexibility index (Phi) is 3.53. The van der Waals surface area contributed by atoms with E-state index in [2.05, 4.69) is 53.4 Å². The highest BCUT2D eigenvalue weighted by Gasteiger charge is 2.16. The summed E-state index contributed by atoms with van der Waals surface area (Å²) in [4.78, 5) is 10.6. The van der Waals surface area contributed by atoms with Crippen LogP contribution in [-0.2, 0) is 18.8 Å². The number of hydrogen-bond donors (Lipinski definition) is 1. The van der Waals surface area contributed by atoms with Gasteiger partial charge in [-0.25, -0.2) is 9.97 Å². The highest BCUT2D eigenvalue weighted by Crippen LogP contribution is 2.25. The van der Waals surface area contributed by atoms with E-state index in [0.717, 1.165) is 30.4 Å². The molecule has 0 fully saturated rings. The topological polar surface area (TPSA) is 37.8 Å². The number of thioether (sulfide) groups is 1. The number of nitrogens with one attached hydrogen (secondary N) is 1. The summed E-state index contributed by atoms with van der Waals surface area (Å²) in [5, 5.41) is 3.33. The molecule has 1 aromatic carbocycles. The van der Waals surface area contributed by atoms with Crippen molar-refractivity contribution in [3.63, 3.8) is 0 Å². The van der Waals surface area contributed by atoms with Crippen molar-refractivity contribution in [3.05, 3.63) is 52.6 Å². The Balaban J connectivity index is 1.78. The van der Waals surface area contributed by atoms with E-state index in [1.54, 1.807) is 0 Å². The van der Waals surface area contributed by atoms with Crippen molar-refractivity contribution in [1.29, 1.82) is 0 Å². The summed E-state index contributed by atoms with van der Waals surface area (Å²) in [7, 11) is 0. The van der Waals surface area contributed by atoms with Crippen molar-refractivity contribution in [3.8, 4) is 0 Å². The van der Waals surface area contributed by atoms with Crippen molar-refractivity contribution in [1.82, 2.24) is 15.3 Å². The second-order valence-corrected chi connectivity index (χ2v) is 5.83. The molecule has 1 aromatic heterocycles. The van der Waals surface area contributed by atoms with Crippen molar-refractivity contribution in [2.24, 2.45) is 0 Å². The summed E-state index contributed by atoms with van der Waals surface area (Å²) in [6, 6.07) is 8.44. The Hall–Kier alpha value is -1.39. The van der Waals surface area contributed by atoms with Gasteiger partial charge in [-0.3, -0.25) is 0 Å². The lowest BCUT2D eigenvalue weighted by atomic mass is 10.2. The van der Waals surface area contributed by atoms with Gasteiger partial charge in [-0.2, -0.15) is 0 Å². The van der Waals surface area contributed by atoms with Crippen LogP contribution < -0.4 is 5.32 Å². The fraction of sp³-hybridized carbons (Fsp3) is 0.333. The van der Waals surface area contributed by atoms with Crippen LogP contribution in [0, 0.1) is 13.8 Å².